The second kappa shape index (κ2) is 13.2. The number of hydrogen-bond donors (Lipinski definition) is 1. The summed E-state index contributed by atoms with van der Waals surface area (Å²) in [6.45, 7) is 7.29. The molecule has 0 saturated carbocycles. The fraction of sp³-hybridized carbons (Fsp3) is 0.333. The number of ether oxygens (including phenoxy) is 1. The van der Waals surface area contributed by atoms with E-state index < -0.39 is 0 Å². The minimum Gasteiger partial charge on any atom is -0.492 e. The molecular weight excluding hydrogens is 388 g/mol. The first-order valence-electron chi connectivity index (χ1n) is 10.7. The molecule has 0 bridgehead atoms. The molecule has 0 fully saturated rings. The van der Waals surface area contributed by atoms with Gasteiger partial charge in [0.05, 0.1) is 30.2 Å². The quantitative estimate of drug-likeness (QED) is 0.340. The Balaban J connectivity index is 1.55. The standard InChI is InChI=1S/C24H30N6O/c1-2-31-24-10-7-13-29-23(24)20-30(16-14-25-18-21-8-3-5-11-27-21)17-15-26-19-22-9-4-6-12-28-22/h3-13,18,26H,2,14-17,19-20H2,1H3. The van der Waals surface area contributed by atoms with E-state index in [2.05, 4.69) is 30.2 Å². The lowest BCUT2D eigenvalue weighted by atomic mass is 10.3. The smallest absolute Gasteiger partial charge is 0.142 e. The van der Waals surface area contributed by atoms with Crippen molar-refractivity contribution in [3.8, 4) is 5.75 Å². The van der Waals surface area contributed by atoms with Crippen molar-refractivity contribution in [2.45, 2.75) is 20.0 Å². The highest BCUT2D eigenvalue weighted by Crippen LogP contribution is 2.17. The molecule has 31 heavy (non-hydrogen) atoms. The van der Waals surface area contributed by atoms with Crippen molar-refractivity contribution in [2.75, 3.05) is 32.8 Å². The maximum atomic E-state index is 5.75. The van der Waals surface area contributed by atoms with E-state index in [-0.39, 0.29) is 0 Å². The normalized spacial score (nSPS) is 11.3. The van der Waals surface area contributed by atoms with Gasteiger partial charge in [-0.05, 0) is 43.3 Å². The van der Waals surface area contributed by atoms with Crippen LogP contribution in [0.25, 0.3) is 0 Å². The fourth-order valence-electron chi connectivity index (χ4n) is 3.08. The van der Waals surface area contributed by atoms with E-state index >= 15 is 0 Å². The van der Waals surface area contributed by atoms with Crippen LogP contribution in [0.3, 0.4) is 0 Å². The van der Waals surface area contributed by atoms with Crippen LogP contribution in [-0.2, 0) is 13.1 Å². The molecular formula is C24H30N6O. The molecule has 0 atom stereocenters. The summed E-state index contributed by atoms with van der Waals surface area (Å²) in [6.07, 6.45) is 7.23. The summed E-state index contributed by atoms with van der Waals surface area (Å²) in [7, 11) is 0. The minimum atomic E-state index is 0.624. The Morgan fingerprint density at radius 1 is 0.968 bits per heavy atom. The molecule has 0 aliphatic carbocycles. The summed E-state index contributed by atoms with van der Waals surface area (Å²) in [5.74, 6) is 0.841. The van der Waals surface area contributed by atoms with Gasteiger partial charge in [-0.1, -0.05) is 12.1 Å². The van der Waals surface area contributed by atoms with E-state index in [1.807, 2.05) is 74.1 Å². The molecule has 3 aromatic heterocycles. The summed E-state index contributed by atoms with van der Waals surface area (Å²) in [5, 5.41) is 3.47. The van der Waals surface area contributed by atoms with Crippen molar-refractivity contribution in [1.29, 1.82) is 0 Å². The average molecular weight is 419 g/mol. The largest absolute Gasteiger partial charge is 0.492 e. The Kier molecular flexibility index (Phi) is 9.59. The molecule has 7 nitrogen and oxygen atoms in total. The zero-order valence-corrected chi connectivity index (χ0v) is 18.0. The SMILES string of the molecule is CCOc1cccnc1CN(CCN=Cc1ccccn1)CCNCc1ccccn1. The van der Waals surface area contributed by atoms with Crippen LogP contribution in [0, 0.1) is 0 Å². The number of nitrogens with zero attached hydrogens (tertiary/aromatic N) is 5. The van der Waals surface area contributed by atoms with Crippen molar-refractivity contribution in [1.82, 2.24) is 25.2 Å². The van der Waals surface area contributed by atoms with Crippen LogP contribution in [0.2, 0.25) is 0 Å². The van der Waals surface area contributed by atoms with Gasteiger partial charge in [0.15, 0.2) is 0 Å². The molecule has 0 radical (unpaired) electrons. The first-order valence-corrected chi connectivity index (χ1v) is 10.7. The Bertz CT molecular complexity index is 904. The predicted octanol–water partition coefficient (Wildman–Crippen LogP) is 2.98. The fourth-order valence-corrected chi connectivity index (χ4v) is 3.08. The molecule has 0 saturated heterocycles. The van der Waals surface area contributed by atoms with Gasteiger partial charge in [-0.15, -0.1) is 0 Å². The summed E-state index contributed by atoms with van der Waals surface area (Å²) >= 11 is 0. The van der Waals surface area contributed by atoms with Crippen molar-refractivity contribution in [3.63, 3.8) is 0 Å². The van der Waals surface area contributed by atoms with Gasteiger partial charge < -0.3 is 10.1 Å². The van der Waals surface area contributed by atoms with Gasteiger partial charge in [-0.2, -0.15) is 0 Å². The van der Waals surface area contributed by atoms with E-state index in [4.69, 9.17) is 4.74 Å². The molecule has 0 aliphatic rings. The number of hydrogen-bond acceptors (Lipinski definition) is 7. The highest BCUT2D eigenvalue weighted by atomic mass is 16.5. The topological polar surface area (TPSA) is 75.5 Å². The lowest BCUT2D eigenvalue weighted by Crippen LogP contribution is -2.34. The van der Waals surface area contributed by atoms with Crippen molar-refractivity contribution in [3.05, 3.63) is 84.2 Å². The van der Waals surface area contributed by atoms with Crippen LogP contribution in [0.15, 0.2) is 72.1 Å². The van der Waals surface area contributed by atoms with Crippen LogP contribution in [0.1, 0.15) is 24.0 Å². The summed E-state index contributed by atoms with van der Waals surface area (Å²) < 4.78 is 5.75. The number of aliphatic imine (C=N–C) groups is 1. The second-order valence-corrected chi connectivity index (χ2v) is 6.95. The van der Waals surface area contributed by atoms with Crippen molar-refractivity contribution in [2.24, 2.45) is 4.99 Å². The van der Waals surface area contributed by atoms with Crippen molar-refractivity contribution < 1.29 is 4.74 Å². The number of nitrogens with one attached hydrogen (secondary N) is 1. The highest BCUT2D eigenvalue weighted by molar-refractivity contribution is 5.76. The van der Waals surface area contributed by atoms with Gasteiger partial charge in [-0.3, -0.25) is 24.8 Å². The van der Waals surface area contributed by atoms with E-state index in [1.165, 1.54) is 0 Å². The summed E-state index contributed by atoms with van der Waals surface area (Å²) in [6, 6.07) is 15.7. The van der Waals surface area contributed by atoms with Gasteiger partial charge in [0.2, 0.25) is 0 Å². The molecule has 0 unspecified atom stereocenters. The van der Waals surface area contributed by atoms with E-state index in [9.17, 15) is 0 Å². The maximum Gasteiger partial charge on any atom is 0.142 e. The number of aromatic nitrogens is 3. The first kappa shape index (κ1) is 22.5. The van der Waals surface area contributed by atoms with E-state index in [0.717, 1.165) is 49.0 Å². The average Bonchev–Trinajstić information content (AvgIpc) is 2.82. The zero-order valence-electron chi connectivity index (χ0n) is 18.0. The highest BCUT2D eigenvalue weighted by Gasteiger charge is 2.11. The van der Waals surface area contributed by atoms with Gasteiger partial charge in [0.25, 0.3) is 0 Å². The minimum absolute atomic E-state index is 0.624. The molecule has 3 rings (SSSR count). The van der Waals surface area contributed by atoms with Crippen LogP contribution in [-0.4, -0.2) is 58.9 Å². The third-order valence-electron chi connectivity index (χ3n) is 4.62. The van der Waals surface area contributed by atoms with E-state index in [0.29, 0.717) is 19.7 Å². The summed E-state index contributed by atoms with van der Waals surface area (Å²) in [5.41, 5.74) is 2.86. The van der Waals surface area contributed by atoms with Crippen LogP contribution >= 0.6 is 0 Å². The van der Waals surface area contributed by atoms with E-state index in [1.54, 1.807) is 6.20 Å². The van der Waals surface area contributed by atoms with Gasteiger partial charge in [0, 0.05) is 57.5 Å². The van der Waals surface area contributed by atoms with Gasteiger partial charge in [-0.25, -0.2) is 0 Å². The molecule has 3 aromatic rings. The third kappa shape index (κ3) is 8.24. The van der Waals surface area contributed by atoms with Crippen LogP contribution in [0.4, 0.5) is 0 Å². The van der Waals surface area contributed by atoms with Crippen molar-refractivity contribution >= 4 is 6.21 Å². The Morgan fingerprint density at radius 2 is 1.81 bits per heavy atom. The monoisotopic (exact) mass is 418 g/mol. The Morgan fingerprint density at radius 3 is 2.58 bits per heavy atom. The molecule has 0 spiro atoms. The summed E-state index contributed by atoms with van der Waals surface area (Å²) in [4.78, 5) is 20.1. The van der Waals surface area contributed by atoms with Gasteiger partial charge >= 0.3 is 0 Å². The molecule has 1 N–H and O–H groups in total. The Labute approximate surface area is 184 Å². The van der Waals surface area contributed by atoms with Crippen LogP contribution in [0.5, 0.6) is 5.75 Å². The maximum absolute atomic E-state index is 5.75. The molecule has 0 amide bonds. The molecule has 7 heteroatoms. The van der Waals surface area contributed by atoms with Crippen LogP contribution < -0.4 is 10.1 Å². The first-order chi connectivity index (χ1) is 15.3. The Hall–Kier alpha value is -3.16. The number of rotatable bonds is 13. The number of pyridine rings is 3. The lowest BCUT2D eigenvalue weighted by molar-refractivity contribution is 0.259. The second-order valence-electron chi connectivity index (χ2n) is 6.95. The lowest BCUT2D eigenvalue weighted by Gasteiger charge is -2.22. The van der Waals surface area contributed by atoms with Gasteiger partial charge in [0.1, 0.15) is 5.75 Å². The molecule has 3 heterocycles. The molecule has 162 valence electrons. The third-order valence-corrected chi connectivity index (χ3v) is 4.62. The predicted molar refractivity (Wildman–Crippen MR) is 123 cm³/mol. The zero-order chi connectivity index (χ0) is 21.6. The molecule has 0 aliphatic heterocycles. The molecule has 0 aromatic carbocycles.